The predicted molar refractivity (Wildman–Crippen MR) is 104 cm³/mol. The fraction of sp³-hybridized carbons (Fsp3) is 0.636. The molecule has 1 aliphatic heterocycles. The van der Waals surface area contributed by atoms with Crippen LogP contribution in [0.1, 0.15) is 60.9 Å². The van der Waals surface area contributed by atoms with Gasteiger partial charge in [0.25, 0.3) is 5.91 Å². The first kappa shape index (κ1) is 18.3. The molecule has 27 heavy (non-hydrogen) atoms. The van der Waals surface area contributed by atoms with Crippen molar-refractivity contribution in [3.8, 4) is 5.75 Å². The highest BCUT2D eigenvalue weighted by atomic mass is 16.5. The fourth-order valence-electron chi connectivity index (χ4n) is 4.82. The zero-order chi connectivity index (χ0) is 19.0. The van der Waals surface area contributed by atoms with E-state index in [1.165, 1.54) is 19.3 Å². The van der Waals surface area contributed by atoms with Crippen molar-refractivity contribution in [1.29, 1.82) is 0 Å². The lowest BCUT2D eigenvalue weighted by Gasteiger charge is -2.52. The summed E-state index contributed by atoms with van der Waals surface area (Å²) < 4.78 is 5.25. The molecule has 0 N–H and O–H groups in total. The molecule has 0 aromatic heterocycles. The van der Waals surface area contributed by atoms with E-state index in [4.69, 9.17) is 4.74 Å². The third-order valence-electron chi connectivity index (χ3n) is 6.56. The van der Waals surface area contributed by atoms with Crippen molar-refractivity contribution in [2.45, 2.75) is 57.4 Å². The molecule has 146 valence electrons. The van der Waals surface area contributed by atoms with Crippen LogP contribution in [0.2, 0.25) is 0 Å². The molecule has 3 aliphatic rings. The smallest absolute Gasteiger partial charge is 0.254 e. The number of piperazine rings is 1. The SMILES string of the molecule is COc1ccc(C(=O)N2CC(=O)N(CC3CC3)C3(CCCCC3)C2)c(C)c1. The molecule has 2 aliphatic carbocycles. The first-order valence-corrected chi connectivity index (χ1v) is 10.3. The number of aryl methyl sites for hydroxylation is 1. The fourth-order valence-corrected chi connectivity index (χ4v) is 4.82. The van der Waals surface area contributed by atoms with Crippen LogP contribution in [-0.2, 0) is 4.79 Å². The molecule has 1 aromatic rings. The largest absolute Gasteiger partial charge is 0.497 e. The number of hydrogen-bond acceptors (Lipinski definition) is 3. The Balaban J connectivity index is 1.58. The lowest BCUT2D eigenvalue weighted by atomic mass is 9.78. The molecule has 0 radical (unpaired) electrons. The maximum absolute atomic E-state index is 13.2. The van der Waals surface area contributed by atoms with Crippen LogP contribution in [0.3, 0.4) is 0 Å². The van der Waals surface area contributed by atoms with Crippen molar-refractivity contribution in [3.05, 3.63) is 29.3 Å². The highest BCUT2D eigenvalue weighted by Crippen LogP contribution is 2.40. The number of methoxy groups -OCH3 is 1. The third-order valence-corrected chi connectivity index (χ3v) is 6.56. The first-order valence-electron chi connectivity index (χ1n) is 10.3. The molecular weight excluding hydrogens is 340 g/mol. The molecule has 1 heterocycles. The van der Waals surface area contributed by atoms with Gasteiger partial charge in [0, 0.05) is 18.7 Å². The number of ether oxygens (including phenoxy) is 1. The van der Waals surface area contributed by atoms with Gasteiger partial charge < -0.3 is 14.5 Å². The van der Waals surface area contributed by atoms with Gasteiger partial charge in [-0.15, -0.1) is 0 Å². The summed E-state index contributed by atoms with van der Waals surface area (Å²) in [5.41, 5.74) is 1.42. The van der Waals surface area contributed by atoms with Crippen LogP contribution in [0.25, 0.3) is 0 Å². The molecule has 5 heteroatoms. The van der Waals surface area contributed by atoms with Crippen LogP contribution >= 0.6 is 0 Å². The van der Waals surface area contributed by atoms with Crippen molar-refractivity contribution >= 4 is 11.8 Å². The lowest BCUT2D eigenvalue weighted by Crippen LogP contribution is -2.66. The second kappa shape index (κ2) is 7.17. The minimum absolute atomic E-state index is 0.0282. The Hall–Kier alpha value is -2.04. The van der Waals surface area contributed by atoms with Crippen LogP contribution in [0.4, 0.5) is 0 Å². The number of amides is 2. The van der Waals surface area contributed by atoms with E-state index >= 15 is 0 Å². The standard InChI is InChI=1S/C22H30N2O3/c1-16-12-18(27-2)8-9-19(16)21(26)23-14-20(25)24(13-17-6-7-17)22(15-23)10-4-3-5-11-22/h8-9,12,17H,3-7,10-11,13-15H2,1-2H3. The van der Waals surface area contributed by atoms with E-state index in [1.54, 1.807) is 12.0 Å². The molecular formula is C22H30N2O3. The van der Waals surface area contributed by atoms with Gasteiger partial charge in [0.15, 0.2) is 0 Å². The number of rotatable bonds is 4. The van der Waals surface area contributed by atoms with Crippen LogP contribution in [-0.4, -0.2) is 53.9 Å². The van der Waals surface area contributed by atoms with Crippen molar-refractivity contribution in [1.82, 2.24) is 9.80 Å². The van der Waals surface area contributed by atoms with Gasteiger partial charge in [-0.2, -0.15) is 0 Å². The summed E-state index contributed by atoms with van der Waals surface area (Å²) in [5.74, 6) is 1.53. The predicted octanol–water partition coefficient (Wildman–Crippen LogP) is 3.40. The summed E-state index contributed by atoms with van der Waals surface area (Å²) in [5, 5.41) is 0. The number of carbonyl (C=O) groups excluding carboxylic acids is 2. The molecule has 0 bridgehead atoms. The van der Waals surface area contributed by atoms with E-state index in [-0.39, 0.29) is 23.9 Å². The highest BCUT2D eigenvalue weighted by molar-refractivity contribution is 5.98. The Labute approximate surface area is 161 Å². The Kier molecular flexibility index (Phi) is 4.87. The Morgan fingerprint density at radius 1 is 1.22 bits per heavy atom. The lowest BCUT2D eigenvalue weighted by molar-refractivity contribution is -0.147. The summed E-state index contributed by atoms with van der Waals surface area (Å²) in [4.78, 5) is 30.3. The summed E-state index contributed by atoms with van der Waals surface area (Å²) in [6.45, 7) is 3.70. The quantitative estimate of drug-likeness (QED) is 0.816. The second-order valence-electron chi connectivity index (χ2n) is 8.57. The molecule has 4 rings (SSSR count). The van der Waals surface area contributed by atoms with Gasteiger partial charge in [0.1, 0.15) is 12.3 Å². The van der Waals surface area contributed by atoms with Crippen molar-refractivity contribution in [3.63, 3.8) is 0 Å². The zero-order valence-corrected chi connectivity index (χ0v) is 16.5. The average molecular weight is 370 g/mol. The van der Waals surface area contributed by atoms with Crippen LogP contribution in [0.5, 0.6) is 5.75 Å². The Morgan fingerprint density at radius 3 is 2.59 bits per heavy atom. The van der Waals surface area contributed by atoms with E-state index < -0.39 is 0 Å². The number of nitrogens with zero attached hydrogens (tertiary/aromatic N) is 2. The first-order chi connectivity index (χ1) is 13.0. The van der Waals surface area contributed by atoms with Crippen molar-refractivity contribution < 1.29 is 14.3 Å². The molecule has 5 nitrogen and oxygen atoms in total. The molecule has 1 spiro atoms. The summed E-state index contributed by atoms with van der Waals surface area (Å²) in [6.07, 6.45) is 8.07. The second-order valence-corrected chi connectivity index (χ2v) is 8.57. The van der Waals surface area contributed by atoms with Crippen molar-refractivity contribution in [2.75, 3.05) is 26.7 Å². The molecule has 0 atom stereocenters. The van der Waals surface area contributed by atoms with Gasteiger partial charge in [-0.1, -0.05) is 19.3 Å². The molecule has 1 saturated heterocycles. The minimum atomic E-state index is -0.147. The minimum Gasteiger partial charge on any atom is -0.497 e. The maximum Gasteiger partial charge on any atom is 0.254 e. The van der Waals surface area contributed by atoms with E-state index in [2.05, 4.69) is 4.90 Å². The van der Waals surface area contributed by atoms with Gasteiger partial charge in [-0.3, -0.25) is 9.59 Å². The van der Waals surface area contributed by atoms with Gasteiger partial charge >= 0.3 is 0 Å². The van der Waals surface area contributed by atoms with Crippen molar-refractivity contribution in [2.24, 2.45) is 5.92 Å². The van der Waals surface area contributed by atoms with Crippen LogP contribution in [0.15, 0.2) is 18.2 Å². The molecule has 2 saturated carbocycles. The number of hydrogen-bond donors (Lipinski definition) is 0. The van der Waals surface area contributed by atoms with Crippen LogP contribution < -0.4 is 4.74 Å². The van der Waals surface area contributed by atoms with E-state index in [0.717, 1.165) is 43.5 Å². The number of carbonyl (C=O) groups is 2. The molecule has 2 amide bonds. The van der Waals surface area contributed by atoms with Gasteiger partial charge in [0.2, 0.25) is 5.91 Å². The Morgan fingerprint density at radius 2 is 1.96 bits per heavy atom. The third kappa shape index (κ3) is 3.56. The Bertz CT molecular complexity index is 735. The average Bonchev–Trinajstić information content (AvgIpc) is 3.49. The highest BCUT2D eigenvalue weighted by Gasteiger charge is 2.48. The summed E-state index contributed by atoms with van der Waals surface area (Å²) in [6, 6.07) is 5.53. The molecule has 0 unspecified atom stereocenters. The van der Waals surface area contributed by atoms with Gasteiger partial charge in [0.05, 0.1) is 12.6 Å². The molecule has 1 aromatic carbocycles. The topological polar surface area (TPSA) is 49.9 Å². The van der Waals surface area contributed by atoms with E-state index in [9.17, 15) is 9.59 Å². The summed E-state index contributed by atoms with van der Waals surface area (Å²) >= 11 is 0. The van der Waals surface area contributed by atoms with Gasteiger partial charge in [-0.05, 0) is 62.3 Å². The summed E-state index contributed by atoms with van der Waals surface area (Å²) in [7, 11) is 1.63. The monoisotopic (exact) mass is 370 g/mol. The van der Waals surface area contributed by atoms with E-state index in [1.807, 2.05) is 25.1 Å². The maximum atomic E-state index is 13.2. The van der Waals surface area contributed by atoms with Gasteiger partial charge in [-0.25, -0.2) is 0 Å². The number of benzene rings is 1. The van der Waals surface area contributed by atoms with E-state index in [0.29, 0.717) is 18.0 Å². The zero-order valence-electron chi connectivity index (χ0n) is 16.5. The van der Waals surface area contributed by atoms with Crippen LogP contribution in [0, 0.1) is 12.8 Å². The molecule has 3 fully saturated rings. The normalized spacial score (nSPS) is 22.2.